The van der Waals surface area contributed by atoms with E-state index >= 15 is 0 Å². The molecule has 0 aromatic carbocycles. The van der Waals surface area contributed by atoms with Crippen LogP contribution in [0.2, 0.25) is 0 Å². The summed E-state index contributed by atoms with van der Waals surface area (Å²) in [5.74, 6) is 0.967. The summed E-state index contributed by atoms with van der Waals surface area (Å²) in [4.78, 5) is 0. The molecule has 0 bridgehead atoms. The molecule has 0 radical (unpaired) electrons. The van der Waals surface area contributed by atoms with Gasteiger partial charge in [0.05, 0.1) is 0 Å². The van der Waals surface area contributed by atoms with E-state index in [1.54, 1.807) is 0 Å². The molecule has 0 rings (SSSR count). The molecular weight excluding hydrogens is 408 g/mol. The molecule has 0 heterocycles. The van der Waals surface area contributed by atoms with E-state index in [4.69, 9.17) is 0 Å². The van der Waals surface area contributed by atoms with Gasteiger partial charge in [-0.15, -0.1) is 0 Å². The zero-order valence-corrected chi connectivity index (χ0v) is 24.8. The molecule has 0 fully saturated rings. The Morgan fingerprint density at radius 1 is 0.265 bits per heavy atom. The Labute approximate surface area is 219 Å². The largest absolute Gasteiger partial charge is 0.0654 e. The van der Waals surface area contributed by atoms with Gasteiger partial charge in [0.15, 0.2) is 0 Å². The van der Waals surface area contributed by atoms with Crippen LogP contribution in [0.4, 0.5) is 0 Å². The topological polar surface area (TPSA) is 0 Å². The van der Waals surface area contributed by atoms with Gasteiger partial charge in [0, 0.05) is 0 Å². The van der Waals surface area contributed by atoms with Gasteiger partial charge >= 0.3 is 0 Å². The van der Waals surface area contributed by atoms with E-state index in [1.165, 1.54) is 193 Å². The number of hydrogen-bond donors (Lipinski definition) is 0. The minimum absolute atomic E-state index is 0.967. The molecule has 0 aliphatic rings. The number of unbranched alkanes of at least 4 members (excludes halogenated alkanes) is 26. The number of hydrogen-bond acceptors (Lipinski definition) is 0. The van der Waals surface area contributed by atoms with Crippen LogP contribution < -0.4 is 0 Å². The average molecular weight is 479 g/mol. The Morgan fingerprint density at radius 3 is 0.647 bits per heavy atom. The first kappa shape index (κ1) is 34.0. The maximum atomic E-state index is 2.50. The first-order chi connectivity index (χ1) is 16.8. The molecular formula is C34H70. The second-order valence-electron chi connectivity index (χ2n) is 11.9. The summed E-state index contributed by atoms with van der Waals surface area (Å²) in [7, 11) is 0. The van der Waals surface area contributed by atoms with Crippen LogP contribution in [0.1, 0.15) is 213 Å². The zero-order valence-electron chi connectivity index (χ0n) is 24.8. The fraction of sp³-hybridized carbons (Fsp3) is 1.00. The minimum atomic E-state index is 0.967. The normalized spacial score (nSPS) is 12.4. The quantitative estimate of drug-likeness (QED) is 0.0900. The van der Waals surface area contributed by atoms with Crippen LogP contribution in [0, 0.1) is 5.92 Å². The molecule has 0 saturated carbocycles. The first-order valence-corrected chi connectivity index (χ1v) is 16.8. The van der Waals surface area contributed by atoms with Crippen LogP contribution in [-0.4, -0.2) is 0 Å². The molecule has 0 aliphatic heterocycles. The van der Waals surface area contributed by atoms with Gasteiger partial charge in [0.2, 0.25) is 0 Å². The monoisotopic (exact) mass is 479 g/mol. The summed E-state index contributed by atoms with van der Waals surface area (Å²) >= 11 is 0. The van der Waals surface area contributed by atoms with Crippen LogP contribution in [-0.2, 0) is 0 Å². The molecule has 0 aromatic heterocycles. The highest BCUT2D eigenvalue weighted by Crippen LogP contribution is 2.19. The highest BCUT2D eigenvalue weighted by molar-refractivity contribution is 4.56. The summed E-state index contributed by atoms with van der Waals surface area (Å²) in [5, 5.41) is 0. The molecule has 0 saturated heterocycles. The predicted molar refractivity (Wildman–Crippen MR) is 159 cm³/mol. The van der Waals surface area contributed by atoms with Gasteiger partial charge in [0.1, 0.15) is 0 Å². The van der Waals surface area contributed by atoms with Gasteiger partial charge in [-0.05, 0) is 5.92 Å². The van der Waals surface area contributed by atoms with Crippen molar-refractivity contribution in [1.29, 1.82) is 0 Å². The van der Waals surface area contributed by atoms with Gasteiger partial charge < -0.3 is 0 Å². The van der Waals surface area contributed by atoms with Crippen LogP contribution in [0.15, 0.2) is 0 Å². The third kappa shape index (κ3) is 30.0. The molecule has 206 valence electrons. The molecule has 1 atom stereocenters. The zero-order chi connectivity index (χ0) is 24.8. The maximum absolute atomic E-state index is 2.50. The molecule has 1 unspecified atom stereocenters. The predicted octanol–water partition coefficient (Wildman–Crippen LogP) is 13.4. The van der Waals surface area contributed by atoms with Crippen molar-refractivity contribution in [3.63, 3.8) is 0 Å². The second-order valence-corrected chi connectivity index (χ2v) is 11.9. The van der Waals surface area contributed by atoms with E-state index in [9.17, 15) is 0 Å². The molecule has 0 heteroatoms. The standard InChI is InChI=1S/C34H70/c1-4-6-8-10-12-14-16-18-19-20-21-23-25-27-29-31-33-34(3)32-30-28-26-24-22-17-15-13-11-9-7-5-2/h34H,4-33H2,1-3H3. The Balaban J connectivity index is 3.13. The molecule has 0 aromatic rings. The van der Waals surface area contributed by atoms with Crippen molar-refractivity contribution in [2.24, 2.45) is 5.92 Å². The minimum Gasteiger partial charge on any atom is -0.0654 e. The van der Waals surface area contributed by atoms with Crippen molar-refractivity contribution >= 4 is 0 Å². The highest BCUT2D eigenvalue weighted by Gasteiger charge is 2.02. The molecule has 0 nitrogen and oxygen atoms in total. The lowest BCUT2D eigenvalue weighted by Gasteiger charge is -2.11. The van der Waals surface area contributed by atoms with E-state index in [-0.39, 0.29) is 0 Å². The van der Waals surface area contributed by atoms with E-state index in [2.05, 4.69) is 20.8 Å². The van der Waals surface area contributed by atoms with E-state index in [1.807, 2.05) is 0 Å². The summed E-state index contributed by atoms with van der Waals surface area (Å²) in [6.07, 6.45) is 44.2. The lowest BCUT2D eigenvalue weighted by atomic mass is 9.95. The SMILES string of the molecule is CCCCCCCCCCCCCCCCCCC(C)CCCCCCCCCCCCCC. The van der Waals surface area contributed by atoms with Crippen molar-refractivity contribution in [3.05, 3.63) is 0 Å². The van der Waals surface area contributed by atoms with Crippen LogP contribution >= 0.6 is 0 Å². The third-order valence-corrected chi connectivity index (χ3v) is 8.10. The summed E-state index contributed by atoms with van der Waals surface area (Å²) < 4.78 is 0. The van der Waals surface area contributed by atoms with Gasteiger partial charge in [-0.3, -0.25) is 0 Å². The van der Waals surface area contributed by atoms with Crippen molar-refractivity contribution in [3.8, 4) is 0 Å². The fourth-order valence-corrected chi connectivity index (χ4v) is 5.52. The van der Waals surface area contributed by atoms with Crippen molar-refractivity contribution in [2.75, 3.05) is 0 Å². The van der Waals surface area contributed by atoms with Crippen molar-refractivity contribution < 1.29 is 0 Å². The Hall–Kier alpha value is 0. The van der Waals surface area contributed by atoms with Crippen molar-refractivity contribution in [2.45, 2.75) is 213 Å². The molecule has 34 heavy (non-hydrogen) atoms. The first-order valence-electron chi connectivity index (χ1n) is 16.8. The lowest BCUT2D eigenvalue weighted by molar-refractivity contribution is 0.429. The van der Waals surface area contributed by atoms with Crippen LogP contribution in [0.5, 0.6) is 0 Å². The highest BCUT2D eigenvalue weighted by atomic mass is 14.1. The van der Waals surface area contributed by atoms with Gasteiger partial charge in [-0.25, -0.2) is 0 Å². The van der Waals surface area contributed by atoms with E-state index in [0.717, 1.165) is 5.92 Å². The Bertz CT molecular complexity index is 333. The van der Waals surface area contributed by atoms with Crippen LogP contribution in [0.3, 0.4) is 0 Å². The smallest absolute Gasteiger partial charge is 0.0443 e. The second kappa shape index (κ2) is 31.0. The summed E-state index contributed by atoms with van der Waals surface area (Å²) in [6.45, 7) is 7.12. The number of rotatable bonds is 30. The van der Waals surface area contributed by atoms with Crippen molar-refractivity contribution in [1.82, 2.24) is 0 Å². The molecule has 0 spiro atoms. The third-order valence-electron chi connectivity index (χ3n) is 8.10. The van der Waals surface area contributed by atoms with Crippen LogP contribution in [0.25, 0.3) is 0 Å². The van der Waals surface area contributed by atoms with Gasteiger partial charge in [-0.1, -0.05) is 213 Å². The molecule has 0 amide bonds. The molecule has 0 N–H and O–H groups in total. The average Bonchev–Trinajstić information content (AvgIpc) is 2.84. The summed E-state index contributed by atoms with van der Waals surface area (Å²) in [5.41, 5.74) is 0. The van der Waals surface area contributed by atoms with Gasteiger partial charge in [0.25, 0.3) is 0 Å². The lowest BCUT2D eigenvalue weighted by Crippen LogP contribution is -1.95. The Morgan fingerprint density at radius 2 is 0.441 bits per heavy atom. The maximum Gasteiger partial charge on any atom is -0.0443 e. The Kier molecular flexibility index (Phi) is 31.0. The fourth-order valence-electron chi connectivity index (χ4n) is 5.52. The van der Waals surface area contributed by atoms with E-state index < -0.39 is 0 Å². The summed E-state index contributed by atoms with van der Waals surface area (Å²) in [6, 6.07) is 0. The van der Waals surface area contributed by atoms with Gasteiger partial charge in [-0.2, -0.15) is 0 Å². The molecule has 0 aliphatic carbocycles. The van der Waals surface area contributed by atoms with E-state index in [0.29, 0.717) is 0 Å².